The molecule has 2 fully saturated rings. The van der Waals surface area contributed by atoms with Gasteiger partial charge in [-0.05, 0) is 44.1 Å². The summed E-state index contributed by atoms with van der Waals surface area (Å²) in [6.07, 6.45) is 8.53. The van der Waals surface area contributed by atoms with Gasteiger partial charge >= 0.3 is 0 Å². The molecule has 1 saturated heterocycles. The van der Waals surface area contributed by atoms with Crippen LogP contribution >= 0.6 is 0 Å². The first-order valence-electron chi connectivity index (χ1n) is 6.77. The summed E-state index contributed by atoms with van der Waals surface area (Å²) in [6, 6.07) is 0.0720. The number of piperidine rings is 1. The highest BCUT2D eigenvalue weighted by atomic mass is 16.2. The zero-order valence-electron chi connectivity index (χ0n) is 10.3. The summed E-state index contributed by atoms with van der Waals surface area (Å²) in [5.41, 5.74) is 0.435. The lowest BCUT2D eigenvalue weighted by molar-refractivity contribution is -0.124. The average molecular weight is 224 g/mol. The molecule has 2 aliphatic rings. The van der Waals surface area contributed by atoms with E-state index in [0.29, 0.717) is 5.41 Å². The lowest BCUT2D eigenvalue weighted by Crippen LogP contribution is -2.50. The third kappa shape index (κ3) is 2.57. The summed E-state index contributed by atoms with van der Waals surface area (Å²) < 4.78 is 0. The monoisotopic (exact) mass is 224 g/mol. The predicted molar refractivity (Wildman–Crippen MR) is 65.2 cm³/mol. The van der Waals surface area contributed by atoms with Gasteiger partial charge in [-0.15, -0.1) is 0 Å². The Balaban J connectivity index is 1.74. The molecule has 16 heavy (non-hydrogen) atoms. The van der Waals surface area contributed by atoms with Crippen molar-refractivity contribution < 1.29 is 4.79 Å². The maximum absolute atomic E-state index is 11.9. The summed E-state index contributed by atoms with van der Waals surface area (Å²) in [7, 11) is 0. The van der Waals surface area contributed by atoms with Gasteiger partial charge in [0, 0.05) is 6.54 Å². The first-order valence-corrected chi connectivity index (χ1v) is 6.77. The molecule has 3 heteroatoms. The standard InChI is InChI=1S/C13H24N2O/c1-2-13(7-5-8-13)10-15-12(16)11-6-3-4-9-14-11/h11,14H,2-10H2,1H3,(H,15,16)/t11-/m0/s1. The van der Waals surface area contributed by atoms with E-state index in [1.54, 1.807) is 0 Å². The van der Waals surface area contributed by atoms with Gasteiger partial charge in [-0.3, -0.25) is 4.79 Å². The second kappa shape index (κ2) is 5.17. The summed E-state index contributed by atoms with van der Waals surface area (Å²) in [5, 5.41) is 6.44. The molecule has 1 heterocycles. The topological polar surface area (TPSA) is 41.1 Å². The van der Waals surface area contributed by atoms with Crippen LogP contribution in [0.4, 0.5) is 0 Å². The highest BCUT2D eigenvalue weighted by Crippen LogP contribution is 2.43. The fourth-order valence-corrected chi connectivity index (χ4v) is 2.81. The fraction of sp³-hybridized carbons (Fsp3) is 0.923. The van der Waals surface area contributed by atoms with Crippen molar-refractivity contribution in [1.82, 2.24) is 10.6 Å². The van der Waals surface area contributed by atoms with Crippen LogP contribution in [0, 0.1) is 5.41 Å². The van der Waals surface area contributed by atoms with Crippen LogP contribution < -0.4 is 10.6 Å². The minimum absolute atomic E-state index is 0.0720. The van der Waals surface area contributed by atoms with E-state index < -0.39 is 0 Å². The molecule has 92 valence electrons. The SMILES string of the molecule is CCC1(CNC(=O)[C@@H]2CCCCN2)CCC1. The fourth-order valence-electron chi connectivity index (χ4n) is 2.81. The van der Waals surface area contributed by atoms with Crippen molar-refractivity contribution in [3.05, 3.63) is 0 Å². The minimum Gasteiger partial charge on any atom is -0.354 e. The molecule has 0 bridgehead atoms. The first kappa shape index (κ1) is 11.9. The number of carbonyl (C=O) groups excluding carboxylic acids is 1. The van der Waals surface area contributed by atoms with E-state index in [-0.39, 0.29) is 11.9 Å². The van der Waals surface area contributed by atoms with Gasteiger partial charge in [0.05, 0.1) is 6.04 Å². The van der Waals surface area contributed by atoms with Crippen molar-refractivity contribution in [2.45, 2.75) is 57.9 Å². The normalized spacial score (nSPS) is 28.2. The first-order chi connectivity index (χ1) is 7.76. The van der Waals surface area contributed by atoms with E-state index in [1.165, 1.54) is 38.5 Å². The van der Waals surface area contributed by atoms with Crippen LogP contribution in [0.15, 0.2) is 0 Å². The van der Waals surface area contributed by atoms with E-state index >= 15 is 0 Å². The Bertz CT molecular complexity index is 237. The van der Waals surface area contributed by atoms with Crippen molar-refractivity contribution >= 4 is 5.91 Å². The van der Waals surface area contributed by atoms with E-state index in [9.17, 15) is 4.79 Å². The molecule has 0 aromatic rings. The second-order valence-corrected chi connectivity index (χ2v) is 5.43. The molecule has 0 unspecified atom stereocenters. The maximum Gasteiger partial charge on any atom is 0.237 e. The van der Waals surface area contributed by atoms with Crippen molar-refractivity contribution in [1.29, 1.82) is 0 Å². The van der Waals surface area contributed by atoms with Gasteiger partial charge in [0.2, 0.25) is 5.91 Å². The van der Waals surface area contributed by atoms with E-state index in [2.05, 4.69) is 17.6 Å². The molecule has 1 atom stereocenters. The van der Waals surface area contributed by atoms with Crippen molar-refractivity contribution in [2.24, 2.45) is 5.41 Å². The van der Waals surface area contributed by atoms with Gasteiger partial charge in [-0.2, -0.15) is 0 Å². The number of carbonyl (C=O) groups is 1. The Labute approximate surface area is 98.4 Å². The molecule has 0 radical (unpaired) electrons. The molecular weight excluding hydrogens is 200 g/mol. The number of nitrogens with one attached hydrogen (secondary N) is 2. The molecule has 1 amide bonds. The van der Waals surface area contributed by atoms with Crippen LogP contribution in [0.25, 0.3) is 0 Å². The molecular formula is C13H24N2O. The molecule has 3 nitrogen and oxygen atoms in total. The lowest BCUT2D eigenvalue weighted by atomic mass is 9.67. The number of hydrogen-bond acceptors (Lipinski definition) is 2. The molecule has 2 rings (SSSR count). The zero-order valence-corrected chi connectivity index (χ0v) is 10.3. The molecule has 1 aliphatic carbocycles. The van der Waals surface area contributed by atoms with Crippen LogP contribution in [0.2, 0.25) is 0 Å². The Kier molecular flexibility index (Phi) is 3.85. The lowest BCUT2D eigenvalue weighted by Gasteiger charge is -2.41. The van der Waals surface area contributed by atoms with E-state index in [4.69, 9.17) is 0 Å². The molecule has 0 spiro atoms. The van der Waals surface area contributed by atoms with Gasteiger partial charge < -0.3 is 10.6 Å². The van der Waals surface area contributed by atoms with Crippen molar-refractivity contribution in [3.8, 4) is 0 Å². The number of amides is 1. The molecule has 0 aromatic carbocycles. The maximum atomic E-state index is 11.9. The molecule has 2 N–H and O–H groups in total. The Morgan fingerprint density at radius 2 is 2.19 bits per heavy atom. The van der Waals surface area contributed by atoms with Gasteiger partial charge in [0.1, 0.15) is 0 Å². The van der Waals surface area contributed by atoms with Crippen LogP contribution in [-0.4, -0.2) is 25.0 Å². The predicted octanol–water partition coefficient (Wildman–Crippen LogP) is 1.82. The quantitative estimate of drug-likeness (QED) is 0.765. The minimum atomic E-state index is 0.0720. The summed E-state index contributed by atoms with van der Waals surface area (Å²) in [4.78, 5) is 11.9. The summed E-state index contributed by atoms with van der Waals surface area (Å²) >= 11 is 0. The van der Waals surface area contributed by atoms with Crippen molar-refractivity contribution in [2.75, 3.05) is 13.1 Å². The highest BCUT2D eigenvalue weighted by Gasteiger charge is 2.35. The second-order valence-electron chi connectivity index (χ2n) is 5.43. The molecule has 0 aromatic heterocycles. The van der Waals surface area contributed by atoms with Gasteiger partial charge in [-0.25, -0.2) is 0 Å². The van der Waals surface area contributed by atoms with Crippen LogP contribution in [0.1, 0.15) is 51.9 Å². The highest BCUT2D eigenvalue weighted by molar-refractivity contribution is 5.81. The number of rotatable bonds is 4. The third-order valence-electron chi connectivity index (χ3n) is 4.43. The molecule has 1 saturated carbocycles. The van der Waals surface area contributed by atoms with Crippen LogP contribution in [-0.2, 0) is 4.79 Å². The zero-order chi connectivity index (χ0) is 11.4. The summed E-state index contributed by atoms with van der Waals surface area (Å²) in [6.45, 7) is 4.13. The summed E-state index contributed by atoms with van der Waals surface area (Å²) in [5.74, 6) is 0.222. The number of hydrogen-bond donors (Lipinski definition) is 2. The van der Waals surface area contributed by atoms with E-state index in [0.717, 1.165) is 19.5 Å². The Hall–Kier alpha value is -0.570. The largest absolute Gasteiger partial charge is 0.354 e. The Morgan fingerprint density at radius 3 is 2.69 bits per heavy atom. The van der Waals surface area contributed by atoms with Gasteiger partial charge in [0.15, 0.2) is 0 Å². The van der Waals surface area contributed by atoms with Crippen LogP contribution in [0.3, 0.4) is 0 Å². The van der Waals surface area contributed by atoms with Gasteiger partial charge in [-0.1, -0.05) is 19.8 Å². The Morgan fingerprint density at radius 1 is 1.38 bits per heavy atom. The van der Waals surface area contributed by atoms with Gasteiger partial charge in [0.25, 0.3) is 0 Å². The smallest absolute Gasteiger partial charge is 0.237 e. The average Bonchev–Trinajstić information content (AvgIpc) is 2.29. The van der Waals surface area contributed by atoms with E-state index in [1.807, 2.05) is 0 Å². The third-order valence-corrected chi connectivity index (χ3v) is 4.43. The van der Waals surface area contributed by atoms with Crippen LogP contribution in [0.5, 0.6) is 0 Å². The van der Waals surface area contributed by atoms with Crippen molar-refractivity contribution in [3.63, 3.8) is 0 Å². The molecule has 1 aliphatic heterocycles.